The molecule has 2 aromatic heterocycles. The van der Waals surface area contributed by atoms with Crippen LogP contribution < -0.4 is 9.64 Å². The van der Waals surface area contributed by atoms with E-state index in [2.05, 4.69) is 9.97 Å². The van der Waals surface area contributed by atoms with Gasteiger partial charge in [-0.05, 0) is 30.7 Å². The summed E-state index contributed by atoms with van der Waals surface area (Å²) in [6, 6.07) is 3.71. The van der Waals surface area contributed by atoms with E-state index >= 15 is 0 Å². The Hall–Kier alpha value is -2.63. The number of nitrogens with zero attached hydrogens (tertiary/aromatic N) is 4. The van der Waals surface area contributed by atoms with E-state index in [0.717, 1.165) is 29.1 Å². The molecule has 1 aliphatic rings. The standard InChI is InChI=1S/C17H20N4O2/c1-4-21(12(2)22)16-6-5-15-17(19-16)13(7-8-23-15)9-14-10-20(3)11-18-14/h5-6,9-11H,4,7-8H2,1-3H3/b13-9+. The van der Waals surface area contributed by atoms with Crippen LogP contribution in [0.5, 0.6) is 5.75 Å². The number of amides is 1. The number of anilines is 1. The minimum atomic E-state index is -0.0214. The van der Waals surface area contributed by atoms with Crippen LogP contribution in [0.2, 0.25) is 0 Å². The molecule has 0 N–H and O–H groups in total. The van der Waals surface area contributed by atoms with E-state index in [0.29, 0.717) is 19.0 Å². The minimum absolute atomic E-state index is 0.0214. The molecule has 23 heavy (non-hydrogen) atoms. The van der Waals surface area contributed by atoms with Crippen molar-refractivity contribution in [2.75, 3.05) is 18.1 Å². The molecule has 3 heterocycles. The van der Waals surface area contributed by atoms with Crippen LogP contribution in [0.4, 0.5) is 5.82 Å². The fourth-order valence-corrected chi connectivity index (χ4v) is 2.69. The number of imidazole rings is 1. The molecule has 1 aliphatic heterocycles. The van der Waals surface area contributed by atoms with Crippen LogP contribution >= 0.6 is 0 Å². The van der Waals surface area contributed by atoms with Crippen molar-refractivity contribution in [3.8, 4) is 5.75 Å². The van der Waals surface area contributed by atoms with E-state index in [1.165, 1.54) is 0 Å². The van der Waals surface area contributed by atoms with Crippen molar-refractivity contribution in [1.29, 1.82) is 0 Å². The second-order valence-corrected chi connectivity index (χ2v) is 5.51. The first kappa shape index (κ1) is 15.3. The van der Waals surface area contributed by atoms with Gasteiger partial charge in [0.1, 0.15) is 17.3 Å². The Labute approximate surface area is 135 Å². The minimum Gasteiger partial charge on any atom is -0.491 e. The van der Waals surface area contributed by atoms with Crippen LogP contribution in [0.3, 0.4) is 0 Å². The topological polar surface area (TPSA) is 60.2 Å². The number of ether oxygens (including phenoxy) is 1. The molecule has 0 radical (unpaired) electrons. The monoisotopic (exact) mass is 312 g/mol. The number of fused-ring (bicyclic) bond motifs is 1. The number of pyridine rings is 1. The van der Waals surface area contributed by atoms with Gasteiger partial charge in [-0.1, -0.05) is 0 Å². The molecule has 120 valence electrons. The van der Waals surface area contributed by atoms with Crippen molar-refractivity contribution in [3.63, 3.8) is 0 Å². The molecule has 1 amide bonds. The SMILES string of the molecule is CCN(C(C)=O)c1ccc2c(n1)/C(=C/c1cn(C)cn1)CCO2. The van der Waals surface area contributed by atoms with Gasteiger partial charge in [0.05, 0.1) is 18.6 Å². The Morgan fingerprint density at radius 2 is 2.30 bits per heavy atom. The first-order chi connectivity index (χ1) is 11.1. The van der Waals surface area contributed by atoms with Crippen molar-refractivity contribution >= 4 is 23.4 Å². The maximum absolute atomic E-state index is 11.7. The molecular formula is C17H20N4O2. The van der Waals surface area contributed by atoms with Crippen LogP contribution in [0.25, 0.3) is 11.6 Å². The summed E-state index contributed by atoms with van der Waals surface area (Å²) < 4.78 is 7.60. The van der Waals surface area contributed by atoms with Crippen LogP contribution in [-0.4, -0.2) is 33.6 Å². The average Bonchev–Trinajstić information content (AvgIpc) is 2.93. The highest BCUT2D eigenvalue weighted by Crippen LogP contribution is 2.34. The van der Waals surface area contributed by atoms with Crippen molar-refractivity contribution in [2.24, 2.45) is 7.05 Å². The zero-order valence-electron chi connectivity index (χ0n) is 13.6. The molecular weight excluding hydrogens is 292 g/mol. The summed E-state index contributed by atoms with van der Waals surface area (Å²) in [5, 5.41) is 0. The van der Waals surface area contributed by atoms with Crippen LogP contribution in [-0.2, 0) is 11.8 Å². The Bertz CT molecular complexity index is 764. The number of rotatable bonds is 3. The fourth-order valence-electron chi connectivity index (χ4n) is 2.69. The average molecular weight is 312 g/mol. The van der Waals surface area contributed by atoms with Crippen molar-refractivity contribution in [1.82, 2.24) is 14.5 Å². The lowest BCUT2D eigenvalue weighted by atomic mass is 10.0. The predicted octanol–water partition coefficient (Wildman–Crippen LogP) is 2.51. The molecule has 6 nitrogen and oxygen atoms in total. The van der Waals surface area contributed by atoms with Gasteiger partial charge in [-0.3, -0.25) is 9.69 Å². The van der Waals surface area contributed by atoms with Crippen LogP contribution in [0, 0.1) is 0 Å². The molecule has 2 aromatic rings. The Morgan fingerprint density at radius 3 is 2.96 bits per heavy atom. The first-order valence-electron chi connectivity index (χ1n) is 7.69. The predicted molar refractivity (Wildman–Crippen MR) is 89.1 cm³/mol. The second-order valence-electron chi connectivity index (χ2n) is 5.51. The van der Waals surface area contributed by atoms with Crippen LogP contribution in [0.1, 0.15) is 31.7 Å². The third kappa shape index (κ3) is 3.11. The first-order valence-corrected chi connectivity index (χ1v) is 7.69. The Kier molecular flexibility index (Phi) is 4.14. The molecule has 0 spiro atoms. The fraction of sp³-hybridized carbons (Fsp3) is 0.353. The summed E-state index contributed by atoms with van der Waals surface area (Å²) >= 11 is 0. The lowest BCUT2D eigenvalue weighted by Gasteiger charge is -2.23. The maximum atomic E-state index is 11.7. The molecule has 3 rings (SSSR count). The van der Waals surface area contributed by atoms with Crippen molar-refractivity contribution in [3.05, 3.63) is 36.0 Å². The van der Waals surface area contributed by atoms with Gasteiger partial charge in [0.15, 0.2) is 0 Å². The van der Waals surface area contributed by atoms with Crippen molar-refractivity contribution in [2.45, 2.75) is 20.3 Å². The number of carbonyl (C=O) groups excluding carboxylic acids is 1. The second kappa shape index (κ2) is 6.24. The number of hydrogen-bond donors (Lipinski definition) is 0. The lowest BCUT2D eigenvalue weighted by molar-refractivity contribution is -0.116. The van der Waals surface area contributed by atoms with Crippen molar-refractivity contribution < 1.29 is 9.53 Å². The van der Waals surface area contributed by atoms with Gasteiger partial charge in [0.25, 0.3) is 0 Å². The summed E-state index contributed by atoms with van der Waals surface area (Å²) in [6.45, 7) is 4.69. The van der Waals surface area contributed by atoms with Gasteiger partial charge >= 0.3 is 0 Å². The number of carbonyl (C=O) groups is 1. The number of aromatic nitrogens is 3. The quantitative estimate of drug-likeness (QED) is 0.874. The zero-order chi connectivity index (χ0) is 16.4. The normalized spacial score (nSPS) is 15.2. The third-order valence-corrected chi connectivity index (χ3v) is 3.80. The van der Waals surface area contributed by atoms with Gasteiger partial charge < -0.3 is 9.30 Å². The molecule has 0 saturated heterocycles. The van der Waals surface area contributed by atoms with Gasteiger partial charge in [-0.15, -0.1) is 0 Å². The molecule has 0 atom stereocenters. The molecule has 0 bridgehead atoms. The van der Waals surface area contributed by atoms with Gasteiger partial charge in [-0.2, -0.15) is 0 Å². The van der Waals surface area contributed by atoms with E-state index in [1.54, 1.807) is 18.2 Å². The highest BCUT2D eigenvalue weighted by molar-refractivity contribution is 5.91. The summed E-state index contributed by atoms with van der Waals surface area (Å²) in [5.41, 5.74) is 2.76. The van der Waals surface area contributed by atoms with Gasteiger partial charge in [0, 0.05) is 33.1 Å². The summed E-state index contributed by atoms with van der Waals surface area (Å²) in [7, 11) is 1.94. The summed E-state index contributed by atoms with van der Waals surface area (Å²) in [4.78, 5) is 22.4. The zero-order valence-corrected chi connectivity index (χ0v) is 13.6. The van der Waals surface area contributed by atoms with Crippen LogP contribution in [0.15, 0.2) is 24.7 Å². The molecule has 0 fully saturated rings. The smallest absolute Gasteiger partial charge is 0.225 e. The summed E-state index contributed by atoms with van der Waals surface area (Å²) in [6.07, 6.45) is 6.53. The molecule has 0 saturated carbocycles. The lowest BCUT2D eigenvalue weighted by Crippen LogP contribution is -2.29. The third-order valence-electron chi connectivity index (χ3n) is 3.80. The van der Waals surface area contributed by atoms with E-state index in [9.17, 15) is 4.79 Å². The van der Waals surface area contributed by atoms with E-state index in [4.69, 9.17) is 4.74 Å². The highest BCUT2D eigenvalue weighted by Gasteiger charge is 2.20. The van der Waals surface area contributed by atoms with Gasteiger partial charge in [-0.25, -0.2) is 9.97 Å². The van der Waals surface area contributed by atoms with E-state index in [-0.39, 0.29) is 5.91 Å². The van der Waals surface area contributed by atoms with E-state index < -0.39 is 0 Å². The molecule has 0 aliphatic carbocycles. The molecule has 0 unspecified atom stereocenters. The molecule has 0 aromatic carbocycles. The Morgan fingerprint density at radius 1 is 1.48 bits per heavy atom. The van der Waals surface area contributed by atoms with E-state index in [1.807, 2.05) is 42.9 Å². The van der Waals surface area contributed by atoms with Gasteiger partial charge in [0.2, 0.25) is 5.91 Å². The maximum Gasteiger partial charge on any atom is 0.225 e. The molecule has 6 heteroatoms. The highest BCUT2D eigenvalue weighted by atomic mass is 16.5. The summed E-state index contributed by atoms with van der Waals surface area (Å²) in [5.74, 6) is 1.38. The largest absolute Gasteiger partial charge is 0.491 e. The number of aryl methyl sites for hydroxylation is 1. The number of hydrogen-bond acceptors (Lipinski definition) is 4. The Balaban J connectivity index is 2.02.